The van der Waals surface area contributed by atoms with Crippen LogP contribution in [0.1, 0.15) is 42.8 Å². The highest BCUT2D eigenvalue weighted by Crippen LogP contribution is 2.40. The molecular weight excluding hydrogens is 623 g/mol. The molecule has 1 saturated heterocycles. The van der Waals surface area contributed by atoms with E-state index < -0.39 is 5.82 Å². The van der Waals surface area contributed by atoms with Crippen LogP contribution in [-0.4, -0.2) is 93.0 Å². The maximum absolute atomic E-state index is 16.7. The Kier molecular flexibility index (Phi) is 9.10. The van der Waals surface area contributed by atoms with Crippen molar-refractivity contribution in [2.24, 2.45) is 0 Å². The number of nitrogens with one attached hydrogen (secondary N) is 1. The van der Waals surface area contributed by atoms with Crippen molar-refractivity contribution in [1.82, 2.24) is 34.8 Å². The minimum atomic E-state index is -0.456. The van der Waals surface area contributed by atoms with E-state index >= 15 is 4.39 Å². The number of H-pyrrole nitrogens is 1. The molecular formula is C37H41FN8O3. The molecule has 2 aliphatic rings. The number of rotatable bonds is 9. The van der Waals surface area contributed by atoms with Crippen LogP contribution in [0, 0.1) is 5.82 Å². The van der Waals surface area contributed by atoms with Crippen molar-refractivity contribution < 1.29 is 20.1 Å². The van der Waals surface area contributed by atoms with Crippen LogP contribution in [0.2, 0.25) is 0 Å². The van der Waals surface area contributed by atoms with Gasteiger partial charge in [0.15, 0.2) is 5.82 Å². The van der Waals surface area contributed by atoms with Crippen LogP contribution in [-0.2, 0) is 17.8 Å². The maximum atomic E-state index is 16.7. The molecule has 5 aromatic rings. The average Bonchev–Trinajstić information content (AvgIpc) is 3.85. The quantitative estimate of drug-likeness (QED) is 0.223. The molecule has 5 heterocycles. The van der Waals surface area contributed by atoms with E-state index in [0.717, 1.165) is 28.9 Å². The topological polar surface area (TPSA) is 112 Å². The highest BCUT2D eigenvalue weighted by Gasteiger charge is 2.28. The number of piperazine rings is 1. The van der Waals surface area contributed by atoms with Crippen LogP contribution in [0.25, 0.3) is 27.6 Å². The second kappa shape index (κ2) is 13.9. The lowest BCUT2D eigenvalue weighted by molar-refractivity contribution is -0.131. The number of para-hydroxylation sites is 1. The average molecular weight is 665 g/mol. The summed E-state index contributed by atoms with van der Waals surface area (Å²) in [6.07, 6.45) is 8.85. The summed E-state index contributed by atoms with van der Waals surface area (Å²) in [4.78, 5) is 40.7. The van der Waals surface area contributed by atoms with Gasteiger partial charge < -0.3 is 24.4 Å². The third kappa shape index (κ3) is 6.38. The number of methoxy groups -OCH3 is 1. The summed E-state index contributed by atoms with van der Waals surface area (Å²) >= 11 is 0. The number of aromatic amines is 1. The number of anilines is 1. The number of hydrogen-bond donors (Lipinski definition) is 1. The molecule has 2 aliphatic heterocycles. The number of amides is 2. The Morgan fingerprint density at radius 3 is 2.59 bits per heavy atom. The normalized spacial score (nSPS) is 15.1. The lowest BCUT2D eigenvalue weighted by Gasteiger charge is -2.36. The first-order valence-electron chi connectivity index (χ1n) is 16.7. The van der Waals surface area contributed by atoms with Gasteiger partial charge in [0, 0.05) is 76.0 Å². The monoisotopic (exact) mass is 664 g/mol. The molecule has 12 heteroatoms. The van der Waals surface area contributed by atoms with E-state index in [1.54, 1.807) is 41.3 Å². The van der Waals surface area contributed by atoms with E-state index in [2.05, 4.69) is 38.2 Å². The summed E-state index contributed by atoms with van der Waals surface area (Å²) in [5.74, 6) is 0.930. The Morgan fingerprint density at radius 1 is 0.980 bits per heavy atom. The van der Waals surface area contributed by atoms with Crippen molar-refractivity contribution in [3.8, 4) is 16.9 Å². The van der Waals surface area contributed by atoms with Crippen molar-refractivity contribution in [2.45, 2.75) is 32.7 Å². The molecule has 0 atom stereocenters. The zero-order chi connectivity index (χ0) is 33.9. The van der Waals surface area contributed by atoms with Gasteiger partial charge in [-0.3, -0.25) is 14.3 Å². The van der Waals surface area contributed by atoms with E-state index in [0.29, 0.717) is 68.1 Å². The molecule has 7 rings (SSSR count). The second-order valence-corrected chi connectivity index (χ2v) is 12.3. The van der Waals surface area contributed by atoms with E-state index in [-0.39, 0.29) is 31.7 Å². The van der Waals surface area contributed by atoms with Crippen molar-refractivity contribution in [1.29, 1.82) is 0 Å². The third-order valence-corrected chi connectivity index (χ3v) is 9.47. The Hall–Kier alpha value is -5.52. The predicted octanol–water partition coefficient (Wildman–Crippen LogP) is 5.45. The number of nitrogens with zero attached hydrogens (tertiary/aromatic N) is 7. The van der Waals surface area contributed by atoms with Crippen molar-refractivity contribution in [3.05, 3.63) is 95.8 Å². The maximum Gasteiger partial charge on any atom is 0.270 e. The van der Waals surface area contributed by atoms with E-state index in [1.165, 1.54) is 5.56 Å². The predicted molar refractivity (Wildman–Crippen MR) is 188 cm³/mol. The Morgan fingerprint density at radius 2 is 1.82 bits per heavy atom. The molecule has 2 aromatic carbocycles. The Balaban J connectivity index is 0.00000432. The second-order valence-electron chi connectivity index (χ2n) is 12.3. The van der Waals surface area contributed by atoms with Crippen LogP contribution < -0.4 is 9.64 Å². The zero-order valence-corrected chi connectivity index (χ0v) is 27.7. The minimum absolute atomic E-state index is 0. The van der Waals surface area contributed by atoms with Gasteiger partial charge >= 0.3 is 0 Å². The van der Waals surface area contributed by atoms with Gasteiger partial charge in [-0.15, -0.1) is 5.10 Å². The van der Waals surface area contributed by atoms with Gasteiger partial charge in [-0.2, -0.15) is 0 Å². The molecule has 49 heavy (non-hydrogen) atoms. The SMILES string of the molecule is CCc1cccnc1N1CCN(C(=O)c2cc3c(-c4ccccc4OC)cc(C4=CCCN(C(=O)CCn5ccnn5)C4)c(F)c3[nH]2)CC1.[HH]. The number of carbonyl (C=O) groups is 2. The molecule has 11 nitrogen and oxygen atoms in total. The zero-order valence-electron chi connectivity index (χ0n) is 27.7. The van der Waals surface area contributed by atoms with E-state index in [1.807, 2.05) is 47.4 Å². The Labute approximate surface area is 285 Å². The number of aromatic nitrogens is 5. The molecule has 0 radical (unpaired) electrons. The van der Waals surface area contributed by atoms with Crippen LogP contribution in [0.5, 0.6) is 5.75 Å². The van der Waals surface area contributed by atoms with Crippen molar-refractivity contribution >= 4 is 34.1 Å². The highest BCUT2D eigenvalue weighted by atomic mass is 19.1. The number of ether oxygens (including phenoxy) is 1. The van der Waals surface area contributed by atoms with Gasteiger partial charge in [0.25, 0.3) is 5.91 Å². The first-order valence-corrected chi connectivity index (χ1v) is 16.7. The van der Waals surface area contributed by atoms with Gasteiger partial charge in [0.2, 0.25) is 5.91 Å². The number of aryl methyl sites for hydroxylation is 2. The number of carbonyl (C=O) groups excluding carboxylic acids is 2. The van der Waals surface area contributed by atoms with Crippen LogP contribution >= 0.6 is 0 Å². The highest BCUT2D eigenvalue weighted by molar-refractivity contribution is 6.05. The number of benzene rings is 2. The molecule has 1 N–H and O–H groups in total. The molecule has 1 fully saturated rings. The summed E-state index contributed by atoms with van der Waals surface area (Å²) < 4.78 is 24.0. The lowest BCUT2D eigenvalue weighted by atomic mass is 9.93. The molecule has 2 amide bonds. The van der Waals surface area contributed by atoms with Crippen molar-refractivity contribution in [2.75, 3.05) is 51.3 Å². The van der Waals surface area contributed by atoms with Crippen LogP contribution in [0.4, 0.5) is 10.2 Å². The summed E-state index contributed by atoms with van der Waals surface area (Å²) in [6, 6.07) is 15.2. The Bertz CT molecular complexity index is 2020. The molecule has 0 saturated carbocycles. The van der Waals surface area contributed by atoms with Gasteiger partial charge in [-0.1, -0.05) is 42.5 Å². The molecule has 0 unspecified atom stereocenters. The molecule has 3 aromatic heterocycles. The first-order chi connectivity index (χ1) is 23.9. The standard InChI is InChI=1S/C37H39FN8O3.H2/c1-3-25-8-6-13-39-36(25)43-18-20-44(21-19-43)37(48)31-23-30-29(27-10-4-5-11-32(27)49-2)22-28(34(38)35(30)41-31)26-9-7-15-45(24-26)33(47)12-16-46-17-14-40-42-46;/h4-6,8-11,13-14,17,22-23,41H,3,7,12,15-16,18-21,24H2,1-2H3;1H. The summed E-state index contributed by atoms with van der Waals surface area (Å²) in [6.45, 7) is 5.72. The molecule has 0 aliphatic carbocycles. The minimum Gasteiger partial charge on any atom is -0.496 e. The number of halogens is 1. The fraction of sp³-hybridized carbons (Fsp3) is 0.324. The summed E-state index contributed by atoms with van der Waals surface area (Å²) in [5.41, 5.74) is 4.38. The van der Waals surface area contributed by atoms with Gasteiger partial charge in [0.05, 0.1) is 25.4 Å². The number of pyridine rings is 1. The first kappa shape index (κ1) is 32.0. The molecule has 0 spiro atoms. The fourth-order valence-electron chi connectivity index (χ4n) is 6.85. The van der Waals surface area contributed by atoms with Crippen LogP contribution in [0.15, 0.2) is 73.2 Å². The lowest BCUT2D eigenvalue weighted by Crippen LogP contribution is -2.49. The fourth-order valence-corrected chi connectivity index (χ4v) is 6.85. The summed E-state index contributed by atoms with van der Waals surface area (Å²) in [5, 5.41) is 8.33. The molecule has 254 valence electrons. The van der Waals surface area contributed by atoms with E-state index in [4.69, 9.17) is 4.74 Å². The van der Waals surface area contributed by atoms with Gasteiger partial charge in [-0.05, 0) is 53.8 Å². The summed E-state index contributed by atoms with van der Waals surface area (Å²) in [7, 11) is 1.60. The van der Waals surface area contributed by atoms with Crippen molar-refractivity contribution in [3.63, 3.8) is 0 Å². The third-order valence-electron chi connectivity index (χ3n) is 9.47. The molecule has 0 bridgehead atoms. The van der Waals surface area contributed by atoms with Gasteiger partial charge in [-0.25, -0.2) is 9.37 Å². The smallest absolute Gasteiger partial charge is 0.270 e. The largest absolute Gasteiger partial charge is 0.496 e. The van der Waals surface area contributed by atoms with Gasteiger partial charge in [0.1, 0.15) is 17.3 Å². The van der Waals surface area contributed by atoms with E-state index in [9.17, 15) is 9.59 Å². The number of hydrogen-bond acceptors (Lipinski definition) is 7. The van der Waals surface area contributed by atoms with Crippen LogP contribution in [0.3, 0.4) is 0 Å². The number of fused-ring (bicyclic) bond motifs is 1.